The van der Waals surface area contributed by atoms with Crippen LogP contribution < -0.4 is 11.0 Å². The second kappa shape index (κ2) is 12.0. The summed E-state index contributed by atoms with van der Waals surface area (Å²) >= 11 is 0. The highest BCUT2D eigenvalue weighted by Gasteiger charge is 2.38. The number of furan rings is 1. The van der Waals surface area contributed by atoms with Crippen molar-refractivity contribution in [2.45, 2.75) is 25.1 Å². The van der Waals surface area contributed by atoms with Gasteiger partial charge < -0.3 is 24.7 Å². The summed E-state index contributed by atoms with van der Waals surface area (Å²) in [6.07, 6.45) is -3.26. The molecule has 1 amide bonds. The highest BCUT2D eigenvalue weighted by atomic mass is 19.4. The number of amides is 1. The number of H-pyrrole nitrogens is 1. The van der Waals surface area contributed by atoms with Crippen LogP contribution in [0.3, 0.4) is 0 Å². The van der Waals surface area contributed by atoms with Crippen LogP contribution in [-0.4, -0.2) is 63.8 Å². The minimum atomic E-state index is -5.08. The molecule has 0 aliphatic carbocycles. The zero-order valence-electron chi connectivity index (χ0n) is 20.8. The van der Waals surface area contributed by atoms with Gasteiger partial charge in [0, 0.05) is 37.8 Å². The Labute approximate surface area is 220 Å². The zero-order chi connectivity index (χ0) is 28.0. The average molecular weight is 545 g/mol. The number of halogens is 3. The molecule has 0 saturated carbocycles. The number of aliphatic carboxylic acids is 1. The lowest BCUT2D eigenvalue weighted by molar-refractivity contribution is -0.192. The van der Waals surface area contributed by atoms with Gasteiger partial charge in [0.15, 0.2) is 5.76 Å². The van der Waals surface area contributed by atoms with E-state index in [0.29, 0.717) is 18.1 Å². The highest BCUT2D eigenvalue weighted by molar-refractivity contribution is 5.92. The number of fused-ring (bicyclic) bond motifs is 1. The van der Waals surface area contributed by atoms with Crippen LogP contribution in [-0.2, 0) is 4.79 Å². The minimum absolute atomic E-state index is 0.0368. The van der Waals surface area contributed by atoms with E-state index in [1.54, 1.807) is 6.07 Å². The molecule has 2 aromatic heterocycles. The van der Waals surface area contributed by atoms with Crippen molar-refractivity contribution in [1.29, 1.82) is 0 Å². The minimum Gasteiger partial charge on any atom is -0.475 e. The van der Waals surface area contributed by atoms with Gasteiger partial charge in [0.2, 0.25) is 0 Å². The van der Waals surface area contributed by atoms with Crippen molar-refractivity contribution in [3.63, 3.8) is 0 Å². The largest absolute Gasteiger partial charge is 0.490 e. The molecule has 1 aliphatic heterocycles. The number of imidazole rings is 1. The molecule has 5 rings (SSSR count). The number of para-hydroxylation sites is 2. The number of aromatic amines is 1. The van der Waals surface area contributed by atoms with E-state index in [2.05, 4.69) is 15.2 Å². The third kappa shape index (κ3) is 6.96. The second-order valence-electron chi connectivity index (χ2n) is 8.98. The van der Waals surface area contributed by atoms with Crippen LogP contribution in [0.25, 0.3) is 22.4 Å². The summed E-state index contributed by atoms with van der Waals surface area (Å²) in [7, 11) is 0. The van der Waals surface area contributed by atoms with E-state index in [1.165, 1.54) is 0 Å². The summed E-state index contributed by atoms with van der Waals surface area (Å²) in [5, 5.41) is 10.1. The topological polar surface area (TPSA) is 121 Å². The third-order valence-corrected chi connectivity index (χ3v) is 6.39. The number of benzene rings is 2. The standard InChI is InChI=1S/C25H26N4O3.C2HF3O2/c30-24(23-11-10-22(32-23)18-6-2-1-3-7-18)26-14-17-28-15-12-19(13-16-28)29-21-9-5-4-8-20(21)27-25(29)31;3-2(4,5)1(6)7/h1-11,19H,12-17H2,(H,26,30)(H,27,31);(H,6,7). The maximum Gasteiger partial charge on any atom is 0.490 e. The van der Waals surface area contributed by atoms with Gasteiger partial charge in [-0.2, -0.15) is 13.2 Å². The number of carbonyl (C=O) groups excluding carboxylic acids is 1. The van der Waals surface area contributed by atoms with Crippen LogP contribution in [0.4, 0.5) is 13.2 Å². The first-order valence-electron chi connectivity index (χ1n) is 12.3. The van der Waals surface area contributed by atoms with Crippen molar-refractivity contribution in [2.24, 2.45) is 0 Å². The molecule has 206 valence electrons. The molecule has 3 heterocycles. The molecule has 0 bridgehead atoms. The van der Waals surface area contributed by atoms with Gasteiger partial charge in [-0.25, -0.2) is 9.59 Å². The van der Waals surface area contributed by atoms with Gasteiger partial charge >= 0.3 is 17.8 Å². The molecule has 0 radical (unpaired) electrons. The normalized spacial score (nSPS) is 14.5. The van der Waals surface area contributed by atoms with Gasteiger partial charge in [0.1, 0.15) is 5.76 Å². The number of likely N-dealkylation sites (tertiary alicyclic amines) is 1. The van der Waals surface area contributed by atoms with Crippen LogP contribution >= 0.6 is 0 Å². The Morgan fingerprint density at radius 2 is 1.64 bits per heavy atom. The van der Waals surface area contributed by atoms with Crippen LogP contribution in [0.2, 0.25) is 0 Å². The van der Waals surface area contributed by atoms with Crippen molar-refractivity contribution in [3.05, 3.63) is 83.0 Å². The van der Waals surface area contributed by atoms with Gasteiger partial charge in [-0.05, 0) is 37.1 Å². The fourth-order valence-electron chi connectivity index (χ4n) is 4.47. The number of carboxylic acids is 1. The fraction of sp³-hybridized carbons (Fsp3) is 0.296. The monoisotopic (exact) mass is 544 g/mol. The van der Waals surface area contributed by atoms with Crippen molar-refractivity contribution in [2.75, 3.05) is 26.2 Å². The average Bonchev–Trinajstić information content (AvgIpc) is 3.54. The van der Waals surface area contributed by atoms with Gasteiger partial charge in [-0.1, -0.05) is 42.5 Å². The number of alkyl halides is 3. The van der Waals surface area contributed by atoms with E-state index in [4.69, 9.17) is 14.3 Å². The van der Waals surface area contributed by atoms with Crippen molar-refractivity contribution in [3.8, 4) is 11.3 Å². The smallest absolute Gasteiger partial charge is 0.475 e. The van der Waals surface area contributed by atoms with Crippen LogP contribution in [0.1, 0.15) is 29.4 Å². The van der Waals surface area contributed by atoms with Gasteiger partial charge in [0.05, 0.1) is 11.0 Å². The molecule has 1 fully saturated rings. The second-order valence-corrected chi connectivity index (χ2v) is 8.98. The molecular weight excluding hydrogens is 517 g/mol. The van der Waals surface area contributed by atoms with E-state index in [-0.39, 0.29) is 17.6 Å². The molecule has 4 aromatic rings. The van der Waals surface area contributed by atoms with E-state index in [1.807, 2.05) is 65.2 Å². The zero-order valence-corrected chi connectivity index (χ0v) is 20.8. The molecule has 2 aromatic carbocycles. The first kappa shape index (κ1) is 27.7. The molecule has 9 nitrogen and oxygen atoms in total. The SMILES string of the molecule is O=C(NCCN1CCC(n2c(=O)[nH]c3ccccc32)CC1)c1ccc(-c2ccccc2)o1.O=C(O)C(F)(F)F. The van der Waals surface area contributed by atoms with Crippen molar-refractivity contribution in [1.82, 2.24) is 19.8 Å². The summed E-state index contributed by atoms with van der Waals surface area (Å²) in [5.41, 5.74) is 2.77. The molecule has 1 aliphatic rings. The molecular formula is C27H27F3N4O5. The third-order valence-electron chi connectivity index (χ3n) is 6.39. The lowest BCUT2D eigenvalue weighted by Crippen LogP contribution is -2.41. The molecule has 3 N–H and O–H groups in total. The van der Waals surface area contributed by atoms with Crippen molar-refractivity contribution >= 4 is 22.9 Å². The van der Waals surface area contributed by atoms with Gasteiger partial charge in [0.25, 0.3) is 5.91 Å². The summed E-state index contributed by atoms with van der Waals surface area (Å²) < 4.78 is 39.3. The van der Waals surface area contributed by atoms with E-state index < -0.39 is 12.1 Å². The Balaban J connectivity index is 0.000000448. The molecule has 0 unspecified atom stereocenters. The number of hydrogen-bond acceptors (Lipinski definition) is 5. The summed E-state index contributed by atoms with van der Waals surface area (Å²) in [4.78, 5) is 39.0. The Hall–Kier alpha value is -4.32. The maximum absolute atomic E-state index is 12.4. The maximum atomic E-state index is 12.4. The van der Waals surface area contributed by atoms with Crippen molar-refractivity contribution < 1.29 is 32.3 Å². The molecule has 12 heteroatoms. The Bertz CT molecular complexity index is 1470. The van der Waals surface area contributed by atoms with Gasteiger partial charge in [-0.3, -0.25) is 9.36 Å². The summed E-state index contributed by atoms with van der Waals surface area (Å²) in [6.45, 7) is 3.11. The number of aromatic nitrogens is 2. The molecule has 1 saturated heterocycles. The first-order valence-corrected chi connectivity index (χ1v) is 12.3. The van der Waals surface area contributed by atoms with Crippen LogP contribution in [0.5, 0.6) is 0 Å². The van der Waals surface area contributed by atoms with Crippen LogP contribution in [0.15, 0.2) is 75.9 Å². The van der Waals surface area contributed by atoms with Gasteiger partial charge in [-0.15, -0.1) is 0 Å². The Morgan fingerprint density at radius 1 is 1.00 bits per heavy atom. The predicted molar refractivity (Wildman–Crippen MR) is 137 cm³/mol. The molecule has 0 atom stereocenters. The number of rotatable bonds is 6. The highest BCUT2D eigenvalue weighted by Crippen LogP contribution is 2.25. The van der Waals surface area contributed by atoms with Crippen LogP contribution in [0, 0.1) is 0 Å². The number of nitrogens with one attached hydrogen (secondary N) is 2. The number of carbonyl (C=O) groups is 2. The lowest BCUT2D eigenvalue weighted by Gasteiger charge is -2.32. The number of piperidine rings is 1. The van der Waals surface area contributed by atoms with E-state index >= 15 is 0 Å². The Morgan fingerprint density at radius 3 is 2.31 bits per heavy atom. The number of hydrogen-bond donors (Lipinski definition) is 3. The summed E-state index contributed by atoms with van der Waals surface area (Å²) in [5.74, 6) is -1.95. The number of carboxylic acid groups (broad SMARTS) is 1. The molecule has 39 heavy (non-hydrogen) atoms. The Kier molecular flexibility index (Phi) is 8.55. The van der Waals surface area contributed by atoms with E-state index in [0.717, 1.165) is 49.1 Å². The number of nitrogens with zero attached hydrogens (tertiary/aromatic N) is 2. The van der Waals surface area contributed by atoms with E-state index in [9.17, 15) is 22.8 Å². The summed E-state index contributed by atoms with van der Waals surface area (Å²) in [6, 6.07) is 21.3. The molecule has 0 spiro atoms. The quantitative estimate of drug-likeness (QED) is 0.333. The fourth-order valence-corrected chi connectivity index (χ4v) is 4.47. The predicted octanol–water partition coefficient (Wildman–Crippen LogP) is 4.29. The lowest BCUT2D eigenvalue weighted by atomic mass is 10.0. The first-order chi connectivity index (χ1) is 18.6.